The second-order valence-corrected chi connectivity index (χ2v) is 8.44. The largest absolute Gasteiger partial charge is 0.365 e. The summed E-state index contributed by atoms with van der Waals surface area (Å²) in [4.78, 5) is 25.3. The minimum absolute atomic E-state index is 0.369. The molecule has 3 amide bonds. The summed E-state index contributed by atoms with van der Waals surface area (Å²) in [5.74, 6) is 1.79. The maximum atomic E-state index is 12.3. The van der Waals surface area contributed by atoms with E-state index in [9.17, 15) is 9.59 Å². The zero-order chi connectivity index (χ0) is 18.0. The molecule has 1 aliphatic heterocycles. The highest BCUT2D eigenvalue weighted by Gasteiger charge is 2.25. The average Bonchev–Trinajstić information content (AvgIpc) is 2.92. The van der Waals surface area contributed by atoms with Crippen LogP contribution in [0.2, 0.25) is 0 Å². The number of thiophene rings is 1. The number of hydrogen-bond acceptors (Lipinski definition) is 4. The average molecular weight is 376 g/mol. The van der Waals surface area contributed by atoms with Gasteiger partial charge in [0.25, 0.3) is 5.91 Å². The van der Waals surface area contributed by atoms with Crippen LogP contribution in [-0.4, -0.2) is 17.7 Å². The van der Waals surface area contributed by atoms with Gasteiger partial charge in [-0.1, -0.05) is 26.0 Å². The summed E-state index contributed by atoms with van der Waals surface area (Å²) in [6.07, 6.45) is 0.814. The van der Waals surface area contributed by atoms with Gasteiger partial charge in [0.15, 0.2) is 0 Å². The number of anilines is 2. The van der Waals surface area contributed by atoms with Gasteiger partial charge in [0, 0.05) is 16.3 Å². The van der Waals surface area contributed by atoms with Gasteiger partial charge in [0.2, 0.25) is 0 Å². The topological polar surface area (TPSA) is 84.2 Å². The van der Waals surface area contributed by atoms with E-state index in [-0.39, 0.29) is 6.03 Å². The number of urea groups is 1. The van der Waals surface area contributed by atoms with E-state index in [1.54, 1.807) is 0 Å². The summed E-state index contributed by atoms with van der Waals surface area (Å²) < 4.78 is 0. The van der Waals surface area contributed by atoms with Crippen molar-refractivity contribution in [2.24, 2.45) is 5.73 Å². The van der Waals surface area contributed by atoms with Crippen LogP contribution in [-0.2, 0) is 12.2 Å². The molecule has 0 aliphatic carbocycles. The van der Waals surface area contributed by atoms with E-state index in [0.29, 0.717) is 22.2 Å². The van der Waals surface area contributed by atoms with Gasteiger partial charge in [-0.2, -0.15) is 11.8 Å². The Morgan fingerprint density at radius 2 is 1.88 bits per heavy atom. The van der Waals surface area contributed by atoms with Crippen molar-refractivity contribution in [3.05, 3.63) is 45.8 Å². The van der Waals surface area contributed by atoms with Crippen molar-refractivity contribution >= 4 is 45.7 Å². The predicted molar refractivity (Wildman–Crippen MR) is 106 cm³/mol. The van der Waals surface area contributed by atoms with Gasteiger partial charge in [-0.15, -0.1) is 11.3 Å². The molecule has 5 nitrogen and oxygen atoms in total. The minimum Gasteiger partial charge on any atom is -0.365 e. The molecular weight excluding hydrogens is 354 g/mol. The third kappa shape index (κ3) is 3.99. The lowest BCUT2D eigenvalue weighted by molar-refractivity contribution is 0.100. The summed E-state index contributed by atoms with van der Waals surface area (Å²) in [5, 5.41) is 6.13. The van der Waals surface area contributed by atoms with Crippen LogP contribution in [0.1, 0.15) is 46.1 Å². The smallest absolute Gasteiger partial charge is 0.324 e. The Bertz CT molecular complexity index is 797. The molecular formula is C18H21N3O2S2. The van der Waals surface area contributed by atoms with Gasteiger partial charge in [0.05, 0.1) is 5.56 Å². The second kappa shape index (κ2) is 7.49. The molecule has 0 atom stereocenters. The molecule has 132 valence electrons. The first-order valence-electron chi connectivity index (χ1n) is 8.15. The number of nitrogens with one attached hydrogen (secondary N) is 2. The van der Waals surface area contributed by atoms with Gasteiger partial charge >= 0.3 is 6.03 Å². The first kappa shape index (κ1) is 17.8. The number of fused-ring (bicyclic) bond motifs is 1. The lowest BCUT2D eigenvalue weighted by atomic mass is 10.0. The van der Waals surface area contributed by atoms with Crippen molar-refractivity contribution < 1.29 is 9.59 Å². The van der Waals surface area contributed by atoms with Crippen molar-refractivity contribution in [3.63, 3.8) is 0 Å². The Morgan fingerprint density at radius 3 is 2.52 bits per heavy atom. The fraction of sp³-hybridized carbons (Fsp3) is 0.333. The molecule has 1 aromatic heterocycles. The van der Waals surface area contributed by atoms with Crippen LogP contribution in [0.3, 0.4) is 0 Å². The SMILES string of the molecule is CC(C)c1ccc(NC(=O)Nc2sc3c(c2C(N)=O)CCSC3)cc1. The van der Waals surface area contributed by atoms with E-state index < -0.39 is 5.91 Å². The van der Waals surface area contributed by atoms with E-state index in [0.717, 1.165) is 28.4 Å². The lowest BCUT2D eigenvalue weighted by Crippen LogP contribution is -2.22. The van der Waals surface area contributed by atoms with Crippen molar-refractivity contribution in [2.75, 3.05) is 16.4 Å². The Balaban J connectivity index is 1.74. The molecule has 1 aromatic carbocycles. The van der Waals surface area contributed by atoms with E-state index >= 15 is 0 Å². The van der Waals surface area contributed by atoms with Crippen molar-refractivity contribution in [2.45, 2.75) is 31.9 Å². The quantitative estimate of drug-likeness (QED) is 0.740. The molecule has 2 heterocycles. The zero-order valence-electron chi connectivity index (χ0n) is 14.2. The fourth-order valence-electron chi connectivity index (χ4n) is 2.80. The van der Waals surface area contributed by atoms with Crippen LogP contribution in [0.4, 0.5) is 15.5 Å². The van der Waals surface area contributed by atoms with Gasteiger partial charge in [-0.25, -0.2) is 4.79 Å². The third-order valence-electron chi connectivity index (χ3n) is 4.13. The maximum absolute atomic E-state index is 12.3. The number of carbonyl (C=O) groups is 2. The molecule has 0 spiro atoms. The van der Waals surface area contributed by atoms with Crippen LogP contribution in [0.15, 0.2) is 24.3 Å². The van der Waals surface area contributed by atoms with Crippen LogP contribution >= 0.6 is 23.1 Å². The number of nitrogens with two attached hydrogens (primary N) is 1. The highest BCUT2D eigenvalue weighted by Crippen LogP contribution is 2.39. The van der Waals surface area contributed by atoms with E-state index in [1.165, 1.54) is 16.9 Å². The summed E-state index contributed by atoms with van der Waals surface area (Å²) in [7, 11) is 0. The van der Waals surface area contributed by atoms with Gasteiger partial charge < -0.3 is 11.1 Å². The number of primary amides is 1. The monoisotopic (exact) mass is 375 g/mol. The highest BCUT2D eigenvalue weighted by atomic mass is 32.2. The predicted octanol–water partition coefficient (Wildman–Crippen LogP) is 4.40. The van der Waals surface area contributed by atoms with Gasteiger partial charge in [-0.05, 0) is 41.4 Å². The highest BCUT2D eigenvalue weighted by molar-refractivity contribution is 7.98. The molecule has 0 saturated heterocycles. The zero-order valence-corrected chi connectivity index (χ0v) is 15.9. The number of thioether (sulfide) groups is 1. The normalized spacial score (nSPS) is 13.4. The molecule has 0 unspecified atom stereocenters. The molecule has 7 heteroatoms. The summed E-state index contributed by atoms with van der Waals surface area (Å²) >= 11 is 3.27. The van der Waals surface area contributed by atoms with Crippen LogP contribution < -0.4 is 16.4 Å². The van der Waals surface area contributed by atoms with Crippen LogP contribution in [0, 0.1) is 0 Å². The van der Waals surface area contributed by atoms with Gasteiger partial charge in [-0.3, -0.25) is 10.1 Å². The maximum Gasteiger partial charge on any atom is 0.324 e. The first-order valence-corrected chi connectivity index (χ1v) is 10.1. The Hall–Kier alpha value is -1.99. The molecule has 3 rings (SSSR count). The molecule has 2 aromatic rings. The fourth-order valence-corrected chi connectivity index (χ4v) is 5.18. The third-order valence-corrected chi connectivity index (χ3v) is 6.44. The molecule has 0 saturated carbocycles. The number of benzene rings is 1. The standard InChI is InChI=1S/C18H21N3O2S2/c1-10(2)11-3-5-12(6-4-11)20-18(23)21-17-15(16(19)22)13-7-8-24-9-14(13)25-17/h3-6,10H,7-9H2,1-2H3,(H2,19,22)(H2,20,21,23). The summed E-state index contributed by atoms with van der Waals surface area (Å²) in [6, 6.07) is 7.37. The molecule has 0 radical (unpaired) electrons. The van der Waals surface area contributed by atoms with Crippen molar-refractivity contribution in [1.29, 1.82) is 0 Å². The van der Waals surface area contributed by atoms with Crippen molar-refractivity contribution in [3.8, 4) is 0 Å². The van der Waals surface area contributed by atoms with E-state index in [1.807, 2.05) is 36.0 Å². The van der Waals surface area contributed by atoms with Crippen LogP contribution in [0.5, 0.6) is 0 Å². The molecule has 0 bridgehead atoms. The van der Waals surface area contributed by atoms with Crippen molar-refractivity contribution in [1.82, 2.24) is 0 Å². The molecule has 4 N–H and O–H groups in total. The van der Waals surface area contributed by atoms with Crippen LogP contribution in [0.25, 0.3) is 0 Å². The summed E-state index contributed by atoms with van der Waals surface area (Å²) in [6.45, 7) is 4.24. The second-order valence-electron chi connectivity index (χ2n) is 6.23. The van der Waals surface area contributed by atoms with E-state index in [4.69, 9.17) is 5.73 Å². The molecule has 25 heavy (non-hydrogen) atoms. The number of amides is 3. The summed E-state index contributed by atoms with van der Waals surface area (Å²) in [5.41, 5.74) is 8.92. The Labute approximate surface area is 155 Å². The lowest BCUT2D eigenvalue weighted by Gasteiger charge is -2.11. The minimum atomic E-state index is -0.485. The van der Waals surface area contributed by atoms with E-state index in [2.05, 4.69) is 24.5 Å². The Morgan fingerprint density at radius 1 is 1.16 bits per heavy atom. The Kier molecular flexibility index (Phi) is 5.34. The van der Waals surface area contributed by atoms with Gasteiger partial charge in [0.1, 0.15) is 5.00 Å². The molecule has 0 fully saturated rings. The molecule has 1 aliphatic rings. The first-order chi connectivity index (χ1) is 12.0. The number of rotatable bonds is 4. The number of carbonyl (C=O) groups excluding carboxylic acids is 2. The number of hydrogen-bond donors (Lipinski definition) is 3.